The highest BCUT2D eigenvalue weighted by atomic mass is 127. The van der Waals surface area contributed by atoms with Gasteiger partial charge >= 0.3 is 0 Å². The lowest BCUT2D eigenvalue weighted by Crippen LogP contribution is -2.51. The van der Waals surface area contributed by atoms with Crippen LogP contribution < -0.4 is 15.5 Å². The number of aromatic nitrogens is 1. The number of hydrogen-bond donors (Lipinski definition) is 3. The van der Waals surface area contributed by atoms with E-state index in [4.69, 9.17) is 0 Å². The van der Waals surface area contributed by atoms with E-state index in [0.717, 1.165) is 49.3 Å². The van der Waals surface area contributed by atoms with Crippen LogP contribution in [0.3, 0.4) is 0 Å². The van der Waals surface area contributed by atoms with Gasteiger partial charge in [0.05, 0.1) is 12.6 Å². The van der Waals surface area contributed by atoms with Crippen molar-refractivity contribution in [1.82, 2.24) is 15.6 Å². The highest BCUT2D eigenvalue weighted by Crippen LogP contribution is 2.24. The molecule has 3 N–H and O–H groups in total. The van der Waals surface area contributed by atoms with Crippen molar-refractivity contribution < 1.29 is 9.50 Å². The SMILES string of the molecule is CCNC(=NCC(O)c1ccncc1)NC1CCCN(c2ccc(F)cc2C)C1.I. The van der Waals surface area contributed by atoms with Gasteiger partial charge in [-0.3, -0.25) is 9.98 Å². The molecule has 30 heavy (non-hydrogen) atoms. The molecule has 2 unspecified atom stereocenters. The number of piperidine rings is 1. The number of halogens is 2. The molecule has 1 saturated heterocycles. The summed E-state index contributed by atoms with van der Waals surface area (Å²) in [6, 6.07) is 8.78. The number of aliphatic hydroxyl groups is 1. The second-order valence-corrected chi connectivity index (χ2v) is 7.38. The molecular formula is C22H31FIN5O. The van der Waals surface area contributed by atoms with Gasteiger partial charge in [0.15, 0.2) is 5.96 Å². The Kier molecular flexibility index (Phi) is 9.77. The largest absolute Gasteiger partial charge is 0.386 e. The van der Waals surface area contributed by atoms with Crippen LogP contribution in [0, 0.1) is 12.7 Å². The monoisotopic (exact) mass is 527 g/mol. The van der Waals surface area contributed by atoms with Gasteiger partial charge in [-0.05, 0) is 68.1 Å². The van der Waals surface area contributed by atoms with Crippen LogP contribution in [0.5, 0.6) is 0 Å². The molecule has 0 aliphatic carbocycles. The van der Waals surface area contributed by atoms with E-state index in [-0.39, 0.29) is 42.4 Å². The normalized spacial score (nSPS) is 17.8. The molecule has 1 aromatic carbocycles. The molecule has 0 bridgehead atoms. The summed E-state index contributed by atoms with van der Waals surface area (Å²) in [4.78, 5) is 10.8. The molecule has 1 fully saturated rings. The molecular weight excluding hydrogens is 496 g/mol. The maximum absolute atomic E-state index is 13.4. The number of anilines is 1. The highest BCUT2D eigenvalue weighted by Gasteiger charge is 2.22. The van der Waals surface area contributed by atoms with Crippen molar-refractivity contribution >= 4 is 35.6 Å². The Morgan fingerprint density at radius 2 is 2.10 bits per heavy atom. The lowest BCUT2D eigenvalue weighted by molar-refractivity contribution is 0.187. The number of rotatable bonds is 6. The first-order valence-corrected chi connectivity index (χ1v) is 10.2. The van der Waals surface area contributed by atoms with E-state index in [2.05, 4.69) is 25.5 Å². The van der Waals surface area contributed by atoms with Gasteiger partial charge in [0, 0.05) is 43.8 Å². The number of nitrogens with one attached hydrogen (secondary N) is 2. The van der Waals surface area contributed by atoms with Crippen molar-refractivity contribution in [3.63, 3.8) is 0 Å². The van der Waals surface area contributed by atoms with Crippen LogP contribution >= 0.6 is 24.0 Å². The van der Waals surface area contributed by atoms with Gasteiger partial charge in [-0.2, -0.15) is 0 Å². The van der Waals surface area contributed by atoms with Gasteiger partial charge < -0.3 is 20.6 Å². The van der Waals surface area contributed by atoms with Crippen LogP contribution in [0.25, 0.3) is 0 Å². The molecule has 0 amide bonds. The van der Waals surface area contributed by atoms with Crippen LogP contribution in [0.1, 0.15) is 37.0 Å². The summed E-state index contributed by atoms with van der Waals surface area (Å²) in [5, 5.41) is 17.1. The molecule has 6 nitrogen and oxygen atoms in total. The molecule has 8 heteroatoms. The smallest absolute Gasteiger partial charge is 0.191 e. The predicted octanol–water partition coefficient (Wildman–Crippen LogP) is 3.40. The van der Waals surface area contributed by atoms with Gasteiger partial charge in [0.25, 0.3) is 0 Å². The molecule has 0 radical (unpaired) electrons. The molecule has 2 aromatic rings. The first kappa shape index (κ1) is 24.3. The fraction of sp³-hybridized carbons (Fsp3) is 0.455. The molecule has 1 aliphatic heterocycles. The Morgan fingerprint density at radius 1 is 1.33 bits per heavy atom. The fourth-order valence-corrected chi connectivity index (χ4v) is 3.67. The number of benzene rings is 1. The number of pyridine rings is 1. The zero-order chi connectivity index (χ0) is 20.6. The van der Waals surface area contributed by atoms with Gasteiger partial charge in [-0.25, -0.2) is 4.39 Å². The van der Waals surface area contributed by atoms with Crippen molar-refractivity contribution in [3.05, 3.63) is 59.7 Å². The zero-order valence-corrected chi connectivity index (χ0v) is 19.8. The quantitative estimate of drug-likeness (QED) is 0.305. The average molecular weight is 527 g/mol. The molecule has 164 valence electrons. The minimum Gasteiger partial charge on any atom is -0.386 e. The molecule has 1 aromatic heterocycles. The van der Waals surface area contributed by atoms with E-state index in [1.165, 1.54) is 6.07 Å². The van der Waals surface area contributed by atoms with E-state index in [1.54, 1.807) is 30.6 Å². The first-order chi connectivity index (χ1) is 14.1. The van der Waals surface area contributed by atoms with E-state index >= 15 is 0 Å². The Bertz CT molecular complexity index is 820. The van der Waals surface area contributed by atoms with Crippen LogP contribution in [0.15, 0.2) is 47.7 Å². The average Bonchev–Trinajstić information content (AvgIpc) is 2.73. The molecule has 2 heterocycles. The molecule has 3 rings (SSSR count). The van der Waals surface area contributed by atoms with Crippen LogP contribution in [-0.2, 0) is 0 Å². The molecule has 2 atom stereocenters. The van der Waals surface area contributed by atoms with Gasteiger partial charge in [0.1, 0.15) is 5.82 Å². The number of aliphatic hydroxyl groups excluding tert-OH is 1. The second-order valence-electron chi connectivity index (χ2n) is 7.38. The van der Waals surface area contributed by atoms with Gasteiger partial charge in [-0.15, -0.1) is 24.0 Å². The van der Waals surface area contributed by atoms with Gasteiger partial charge in [0.2, 0.25) is 0 Å². The van der Waals surface area contributed by atoms with Crippen molar-refractivity contribution in [2.24, 2.45) is 4.99 Å². The third kappa shape index (κ3) is 6.80. The highest BCUT2D eigenvalue weighted by molar-refractivity contribution is 14.0. The summed E-state index contributed by atoms with van der Waals surface area (Å²) in [5.41, 5.74) is 2.83. The van der Waals surface area contributed by atoms with Gasteiger partial charge in [-0.1, -0.05) is 0 Å². The Labute approximate surface area is 195 Å². The summed E-state index contributed by atoms with van der Waals surface area (Å²) < 4.78 is 13.4. The van der Waals surface area contributed by atoms with E-state index in [9.17, 15) is 9.50 Å². The van der Waals surface area contributed by atoms with Crippen LogP contribution in [0.4, 0.5) is 10.1 Å². The Hall–Kier alpha value is -1.94. The lowest BCUT2D eigenvalue weighted by Gasteiger charge is -2.36. The minimum absolute atomic E-state index is 0. The van der Waals surface area contributed by atoms with E-state index in [0.29, 0.717) is 5.96 Å². The van der Waals surface area contributed by atoms with Crippen LogP contribution in [0.2, 0.25) is 0 Å². The number of aliphatic imine (C=N–C) groups is 1. The zero-order valence-electron chi connectivity index (χ0n) is 17.5. The third-order valence-corrected chi connectivity index (χ3v) is 5.12. The molecule has 0 saturated carbocycles. The number of aryl methyl sites for hydroxylation is 1. The maximum Gasteiger partial charge on any atom is 0.191 e. The van der Waals surface area contributed by atoms with Crippen molar-refractivity contribution in [2.75, 3.05) is 31.1 Å². The van der Waals surface area contributed by atoms with E-state index in [1.807, 2.05) is 19.9 Å². The maximum atomic E-state index is 13.4. The third-order valence-electron chi connectivity index (χ3n) is 5.12. The Morgan fingerprint density at radius 3 is 2.80 bits per heavy atom. The Balaban J connectivity index is 0.00000320. The standard InChI is InChI=1S/C22H30FN5O.HI/c1-3-25-22(26-14-21(29)17-8-10-24-11-9-17)27-19-5-4-12-28(15-19)20-7-6-18(23)13-16(20)2;/h6-11,13,19,21,29H,3-5,12,14-15H2,1-2H3,(H2,25,26,27);1H. The summed E-state index contributed by atoms with van der Waals surface area (Å²) in [5.74, 6) is 0.496. The first-order valence-electron chi connectivity index (χ1n) is 10.2. The summed E-state index contributed by atoms with van der Waals surface area (Å²) in [7, 11) is 0. The number of hydrogen-bond acceptors (Lipinski definition) is 4. The topological polar surface area (TPSA) is 72.8 Å². The van der Waals surface area contributed by atoms with Crippen molar-refractivity contribution in [2.45, 2.75) is 38.8 Å². The number of guanidine groups is 1. The predicted molar refractivity (Wildman–Crippen MR) is 130 cm³/mol. The fourth-order valence-electron chi connectivity index (χ4n) is 3.67. The van der Waals surface area contributed by atoms with E-state index < -0.39 is 6.10 Å². The second kappa shape index (κ2) is 12.0. The van der Waals surface area contributed by atoms with Crippen LogP contribution in [-0.4, -0.2) is 48.3 Å². The molecule has 1 aliphatic rings. The minimum atomic E-state index is -0.668. The molecule has 0 spiro atoms. The van der Waals surface area contributed by atoms with Crippen molar-refractivity contribution in [1.29, 1.82) is 0 Å². The van der Waals surface area contributed by atoms with Crippen molar-refractivity contribution in [3.8, 4) is 0 Å². The lowest BCUT2D eigenvalue weighted by atomic mass is 10.0. The summed E-state index contributed by atoms with van der Waals surface area (Å²) in [6.45, 7) is 6.76. The summed E-state index contributed by atoms with van der Waals surface area (Å²) in [6.07, 6.45) is 4.75. The summed E-state index contributed by atoms with van der Waals surface area (Å²) >= 11 is 0. The number of nitrogens with zero attached hydrogens (tertiary/aromatic N) is 3.